The van der Waals surface area contributed by atoms with E-state index in [1.54, 1.807) is 11.8 Å². The van der Waals surface area contributed by atoms with E-state index in [4.69, 9.17) is 0 Å². The summed E-state index contributed by atoms with van der Waals surface area (Å²) in [4.78, 5) is 27.5. The molecule has 0 aromatic carbocycles. The molecule has 0 N–H and O–H groups in total. The minimum Gasteiger partial charge on any atom is -0.341 e. The number of nitrogens with zero attached hydrogens (tertiary/aromatic N) is 3. The van der Waals surface area contributed by atoms with Gasteiger partial charge in [-0.3, -0.25) is 9.59 Å². The highest BCUT2D eigenvalue weighted by Gasteiger charge is 2.23. The smallest absolute Gasteiger partial charge is 0.242 e. The van der Waals surface area contributed by atoms with Gasteiger partial charge in [0.05, 0.1) is 40.8 Å². The zero-order chi connectivity index (χ0) is 15.3. The molecule has 0 aromatic rings. The Morgan fingerprint density at radius 3 is 2.20 bits per heavy atom. The zero-order valence-electron chi connectivity index (χ0n) is 13.7. The third-order valence-corrected chi connectivity index (χ3v) is 3.95. The second kappa shape index (κ2) is 7.07. The highest BCUT2D eigenvalue weighted by Crippen LogP contribution is 2.16. The van der Waals surface area contributed by atoms with Gasteiger partial charge < -0.3 is 14.3 Å². The number of amides is 2. The van der Waals surface area contributed by atoms with Crippen LogP contribution in [0.5, 0.6) is 0 Å². The van der Waals surface area contributed by atoms with Gasteiger partial charge in [-0.1, -0.05) is 6.92 Å². The number of quaternary nitrogens is 1. The SMILES string of the molecule is CC(=O)N(CC[N+](C)(C)C)CC(=O)N1CCC(C)CC1. The minimum absolute atomic E-state index is 0.0165. The van der Waals surface area contributed by atoms with Crippen LogP contribution in [0.3, 0.4) is 0 Å². The Bertz CT molecular complexity index is 342. The summed E-state index contributed by atoms with van der Waals surface area (Å²) < 4.78 is 0.791. The largest absolute Gasteiger partial charge is 0.341 e. The van der Waals surface area contributed by atoms with Crippen LogP contribution in [-0.2, 0) is 9.59 Å². The standard InChI is InChI=1S/C15H30N3O2/c1-13-6-8-16(9-7-13)15(20)12-17(14(2)19)10-11-18(3,4)5/h13H,6-12H2,1-5H3/q+1. The van der Waals surface area contributed by atoms with Crippen molar-refractivity contribution in [1.82, 2.24) is 9.80 Å². The van der Waals surface area contributed by atoms with Gasteiger partial charge in [0.1, 0.15) is 0 Å². The number of likely N-dealkylation sites (N-methyl/N-ethyl adjacent to an activating group) is 1. The van der Waals surface area contributed by atoms with Crippen LogP contribution in [0.25, 0.3) is 0 Å². The van der Waals surface area contributed by atoms with Crippen LogP contribution in [0.15, 0.2) is 0 Å². The van der Waals surface area contributed by atoms with Gasteiger partial charge in [0.2, 0.25) is 11.8 Å². The maximum Gasteiger partial charge on any atom is 0.242 e. The number of rotatable bonds is 5. The average molecular weight is 284 g/mol. The summed E-state index contributed by atoms with van der Waals surface area (Å²) in [5.74, 6) is 0.784. The van der Waals surface area contributed by atoms with Gasteiger partial charge in [-0.05, 0) is 18.8 Å². The van der Waals surface area contributed by atoms with Crippen LogP contribution in [0.4, 0.5) is 0 Å². The van der Waals surface area contributed by atoms with E-state index >= 15 is 0 Å². The normalized spacial score (nSPS) is 17.1. The summed E-state index contributed by atoms with van der Waals surface area (Å²) in [5, 5.41) is 0. The molecule has 0 aromatic heterocycles. The number of likely N-dealkylation sites (tertiary alicyclic amines) is 1. The highest BCUT2D eigenvalue weighted by molar-refractivity contribution is 5.83. The fourth-order valence-corrected chi connectivity index (χ4v) is 2.29. The second-order valence-corrected chi connectivity index (χ2v) is 7.02. The molecule has 0 radical (unpaired) electrons. The first kappa shape index (κ1) is 17.0. The molecule has 1 heterocycles. The van der Waals surface area contributed by atoms with Gasteiger partial charge in [0.25, 0.3) is 0 Å². The van der Waals surface area contributed by atoms with E-state index in [1.165, 1.54) is 0 Å². The molecule has 0 saturated carbocycles. The Morgan fingerprint density at radius 2 is 1.75 bits per heavy atom. The van der Waals surface area contributed by atoms with Gasteiger partial charge in [0.15, 0.2) is 0 Å². The zero-order valence-corrected chi connectivity index (χ0v) is 13.7. The molecule has 1 aliphatic heterocycles. The van der Waals surface area contributed by atoms with Gasteiger partial charge in [-0.2, -0.15) is 0 Å². The molecular weight excluding hydrogens is 254 g/mol. The van der Waals surface area contributed by atoms with Crippen LogP contribution < -0.4 is 0 Å². The van der Waals surface area contributed by atoms with Crippen molar-refractivity contribution in [3.05, 3.63) is 0 Å². The molecule has 0 unspecified atom stereocenters. The molecule has 1 rings (SSSR count). The van der Waals surface area contributed by atoms with Crippen LogP contribution >= 0.6 is 0 Å². The van der Waals surface area contributed by atoms with Crippen LogP contribution in [0, 0.1) is 5.92 Å². The van der Waals surface area contributed by atoms with Crippen LogP contribution in [0.1, 0.15) is 26.7 Å². The maximum absolute atomic E-state index is 12.3. The molecule has 5 heteroatoms. The number of carbonyl (C=O) groups is 2. The summed E-state index contributed by atoms with van der Waals surface area (Å²) in [6.45, 7) is 7.15. The van der Waals surface area contributed by atoms with Crippen LogP contribution in [-0.4, -0.2) is 80.0 Å². The monoisotopic (exact) mass is 284 g/mol. The van der Waals surface area contributed by atoms with Gasteiger partial charge >= 0.3 is 0 Å². The first-order valence-corrected chi connectivity index (χ1v) is 7.53. The predicted molar refractivity (Wildman–Crippen MR) is 80.1 cm³/mol. The topological polar surface area (TPSA) is 40.6 Å². The van der Waals surface area contributed by atoms with E-state index in [0.29, 0.717) is 12.5 Å². The fraction of sp³-hybridized carbons (Fsp3) is 0.867. The second-order valence-electron chi connectivity index (χ2n) is 7.02. The van der Waals surface area contributed by atoms with Crippen molar-refractivity contribution >= 4 is 11.8 Å². The summed E-state index contributed by atoms with van der Waals surface area (Å²) in [7, 11) is 6.27. The average Bonchev–Trinajstić information content (AvgIpc) is 2.33. The lowest BCUT2D eigenvalue weighted by Gasteiger charge is -2.33. The maximum atomic E-state index is 12.3. The first-order chi connectivity index (χ1) is 9.19. The van der Waals surface area contributed by atoms with Crippen molar-refractivity contribution in [3.8, 4) is 0 Å². The Balaban J connectivity index is 2.48. The summed E-state index contributed by atoms with van der Waals surface area (Å²) >= 11 is 0. The molecule has 1 fully saturated rings. The van der Waals surface area contributed by atoms with E-state index in [0.717, 1.165) is 37.0 Å². The van der Waals surface area contributed by atoms with E-state index < -0.39 is 0 Å². The van der Waals surface area contributed by atoms with E-state index in [2.05, 4.69) is 28.1 Å². The molecule has 5 nitrogen and oxygen atoms in total. The van der Waals surface area contributed by atoms with Gasteiger partial charge in [-0.25, -0.2) is 0 Å². The van der Waals surface area contributed by atoms with E-state index in [-0.39, 0.29) is 18.4 Å². The van der Waals surface area contributed by atoms with E-state index in [1.807, 2.05) is 4.90 Å². The van der Waals surface area contributed by atoms with Gasteiger partial charge in [0, 0.05) is 20.0 Å². The Morgan fingerprint density at radius 1 is 1.20 bits per heavy atom. The number of piperidine rings is 1. The molecule has 0 atom stereocenters. The molecule has 0 spiro atoms. The molecule has 1 aliphatic rings. The number of hydrogen-bond donors (Lipinski definition) is 0. The predicted octanol–water partition coefficient (Wildman–Crippen LogP) is 0.800. The third-order valence-electron chi connectivity index (χ3n) is 3.95. The lowest BCUT2D eigenvalue weighted by Crippen LogP contribution is -2.48. The summed E-state index contributed by atoms with van der Waals surface area (Å²) in [6.07, 6.45) is 2.15. The Hall–Kier alpha value is -1.10. The van der Waals surface area contributed by atoms with Crippen molar-refractivity contribution in [2.45, 2.75) is 26.7 Å². The van der Waals surface area contributed by atoms with Crippen molar-refractivity contribution in [2.75, 3.05) is 53.9 Å². The van der Waals surface area contributed by atoms with Crippen molar-refractivity contribution in [1.29, 1.82) is 0 Å². The van der Waals surface area contributed by atoms with Crippen molar-refractivity contribution in [2.24, 2.45) is 5.92 Å². The van der Waals surface area contributed by atoms with Crippen LogP contribution in [0.2, 0.25) is 0 Å². The third kappa shape index (κ3) is 5.90. The molecule has 116 valence electrons. The molecule has 0 bridgehead atoms. The number of hydrogen-bond acceptors (Lipinski definition) is 2. The summed E-state index contributed by atoms with van der Waals surface area (Å²) in [5.41, 5.74) is 0. The lowest BCUT2D eigenvalue weighted by molar-refractivity contribution is -0.869. The molecular formula is C15H30N3O2+. The van der Waals surface area contributed by atoms with Crippen molar-refractivity contribution < 1.29 is 14.1 Å². The lowest BCUT2D eigenvalue weighted by atomic mass is 9.99. The number of carbonyl (C=O) groups excluding carboxylic acids is 2. The Kier molecular flexibility index (Phi) is 5.99. The first-order valence-electron chi connectivity index (χ1n) is 7.53. The molecule has 1 saturated heterocycles. The fourth-order valence-electron chi connectivity index (χ4n) is 2.29. The van der Waals surface area contributed by atoms with Gasteiger partial charge in [-0.15, -0.1) is 0 Å². The molecule has 0 aliphatic carbocycles. The molecule has 2 amide bonds. The van der Waals surface area contributed by atoms with E-state index in [9.17, 15) is 9.59 Å². The molecule has 20 heavy (non-hydrogen) atoms. The Labute approximate surface area is 123 Å². The minimum atomic E-state index is -0.0165. The summed E-state index contributed by atoms with van der Waals surface area (Å²) in [6, 6.07) is 0. The quantitative estimate of drug-likeness (QED) is 0.701. The van der Waals surface area contributed by atoms with Crippen molar-refractivity contribution in [3.63, 3.8) is 0 Å². The highest BCUT2D eigenvalue weighted by atomic mass is 16.2.